The topological polar surface area (TPSA) is 63.8 Å². The van der Waals surface area contributed by atoms with Gasteiger partial charge in [-0.25, -0.2) is 9.37 Å². The van der Waals surface area contributed by atoms with Gasteiger partial charge in [0, 0.05) is 3.57 Å². The fraction of sp³-hybridized carbons (Fsp3) is 0. The van der Waals surface area contributed by atoms with Crippen LogP contribution in [0.3, 0.4) is 0 Å². The van der Waals surface area contributed by atoms with Crippen LogP contribution in [0.4, 0.5) is 21.6 Å². The summed E-state index contributed by atoms with van der Waals surface area (Å²) in [5.74, 6) is 0.100. The molecule has 0 aliphatic heterocycles. The highest BCUT2D eigenvalue weighted by molar-refractivity contribution is 14.1. The maximum absolute atomic E-state index is 12.9. The smallest absolute Gasteiger partial charge is 0.224 e. The summed E-state index contributed by atoms with van der Waals surface area (Å²) in [6, 6.07) is 4.36. The zero-order valence-corrected chi connectivity index (χ0v) is 11.3. The molecule has 0 atom stereocenters. The summed E-state index contributed by atoms with van der Waals surface area (Å²) in [4.78, 5) is 7.70. The van der Waals surface area contributed by atoms with Crippen LogP contribution < -0.4 is 11.1 Å². The van der Waals surface area contributed by atoms with E-state index in [1.54, 1.807) is 6.07 Å². The van der Waals surface area contributed by atoms with Crippen molar-refractivity contribution in [2.75, 3.05) is 11.1 Å². The molecule has 1 heterocycles. The molecule has 0 spiro atoms. The molecule has 0 amide bonds. The molecule has 2 rings (SSSR count). The van der Waals surface area contributed by atoms with E-state index in [0.717, 1.165) is 3.57 Å². The lowest BCUT2D eigenvalue weighted by molar-refractivity contribution is 0.627. The van der Waals surface area contributed by atoms with Gasteiger partial charge in [-0.1, -0.05) is 0 Å². The first kappa shape index (κ1) is 12.3. The third-order valence-electron chi connectivity index (χ3n) is 1.97. The van der Waals surface area contributed by atoms with Crippen LogP contribution in [0.2, 0.25) is 5.28 Å². The number of anilines is 3. The Balaban J connectivity index is 2.34. The highest BCUT2D eigenvalue weighted by atomic mass is 127. The molecule has 0 bridgehead atoms. The fourth-order valence-corrected chi connectivity index (χ4v) is 1.93. The van der Waals surface area contributed by atoms with E-state index in [1.165, 1.54) is 18.3 Å². The second kappa shape index (κ2) is 5.01. The largest absolute Gasteiger partial charge is 0.394 e. The van der Waals surface area contributed by atoms with E-state index in [4.69, 9.17) is 17.3 Å². The molecule has 1 aromatic heterocycles. The van der Waals surface area contributed by atoms with E-state index < -0.39 is 0 Å². The third kappa shape index (κ3) is 2.95. The standard InChI is InChI=1S/C10H7ClFIN4/c11-10-15-4-7(14)9(17-10)16-8-2-1-5(12)3-6(8)13/h1-4H,14H2,(H,15,16,17). The first-order valence-corrected chi connectivity index (χ1v) is 6.02. The lowest BCUT2D eigenvalue weighted by Crippen LogP contribution is -2.02. The number of nitrogens with two attached hydrogens (primary N) is 1. The Bertz CT molecular complexity index is 564. The number of nitrogens with zero attached hydrogens (tertiary/aromatic N) is 2. The van der Waals surface area contributed by atoms with E-state index in [0.29, 0.717) is 17.2 Å². The van der Waals surface area contributed by atoms with Gasteiger partial charge in [-0.3, -0.25) is 0 Å². The molecule has 0 fully saturated rings. The van der Waals surface area contributed by atoms with Gasteiger partial charge in [0.05, 0.1) is 17.6 Å². The second-order valence-corrected chi connectivity index (χ2v) is 4.69. The normalized spacial score (nSPS) is 10.3. The Kier molecular flexibility index (Phi) is 3.63. The van der Waals surface area contributed by atoms with Crippen LogP contribution in [-0.2, 0) is 0 Å². The quantitative estimate of drug-likeness (QED) is 0.634. The van der Waals surface area contributed by atoms with Gasteiger partial charge in [-0.15, -0.1) is 0 Å². The minimum absolute atomic E-state index is 0.0961. The zero-order chi connectivity index (χ0) is 12.4. The number of nitrogen functional groups attached to an aromatic ring is 1. The fourth-order valence-electron chi connectivity index (χ4n) is 1.19. The monoisotopic (exact) mass is 364 g/mol. The maximum Gasteiger partial charge on any atom is 0.224 e. The van der Waals surface area contributed by atoms with Crippen molar-refractivity contribution in [3.05, 3.63) is 39.1 Å². The summed E-state index contributed by atoms with van der Waals surface area (Å²) in [5, 5.41) is 3.07. The molecule has 0 unspecified atom stereocenters. The first-order valence-electron chi connectivity index (χ1n) is 4.56. The number of hydrogen-bond donors (Lipinski definition) is 2. The molecule has 88 valence electrons. The van der Waals surface area contributed by atoms with Crippen LogP contribution in [-0.4, -0.2) is 9.97 Å². The van der Waals surface area contributed by atoms with E-state index in [9.17, 15) is 4.39 Å². The van der Waals surface area contributed by atoms with Gasteiger partial charge in [-0.05, 0) is 52.4 Å². The van der Waals surface area contributed by atoms with Gasteiger partial charge in [0.25, 0.3) is 0 Å². The molecule has 4 nitrogen and oxygen atoms in total. The molecule has 0 saturated carbocycles. The number of rotatable bonds is 2. The van der Waals surface area contributed by atoms with Crippen LogP contribution in [0.5, 0.6) is 0 Å². The minimum atomic E-state index is -0.298. The highest BCUT2D eigenvalue weighted by Crippen LogP contribution is 2.25. The van der Waals surface area contributed by atoms with Crippen molar-refractivity contribution < 1.29 is 4.39 Å². The van der Waals surface area contributed by atoms with Crippen molar-refractivity contribution in [3.8, 4) is 0 Å². The van der Waals surface area contributed by atoms with Gasteiger partial charge < -0.3 is 11.1 Å². The summed E-state index contributed by atoms with van der Waals surface area (Å²) < 4.78 is 13.6. The van der Waals surface area contributed by atoms with E-state index in [1.807, 2.05) is 22.6 Å². The lowest BCUT2D eigenvalue weighted by atomic mass is 10.3. The van der Waals surface area contributed by atoms with Crippen molar-refractivity contribution in [1.82, 2.24) is 9.97 Å². The molecule has 0 saturated heterocycles. The van der Waals surface area contributed by atoms with Gasteiger partial charge >= 0.3 is 0 Å². The summed E-state index contributed by atoms with van der Waals surface area (Å²) in [5.41, 5.74) is 6.77. The Hall–Kier alpha value is -1.15. The number of aromatic nitrogens is 2. The maximum atomic E-state index is 12.9. The van der Waals surface area contributed by atoms with Gasteiger partial charge in [-0.2, -0.15) is 4.98 Å². The van der Waals surface area contributed by atoms with Crippen LogP contribution >= 0.6 is 34.2 Å². The van der Waals surface area contributed by atoms with Crippen molar-refractivity contribution in [2.45, 2.75) is 0 Å². The van der Waals surface area contributed by atoms with Crippen LogP contribution in [0, 0.1) is 9.39 Å². The second-order valence-electron chi connectivity index (χ2n) is 3.19. The minimum Gasteiger partial charge on any atom is -0.394 e. The van der Waals surface area contributed by atoms with Gasteiger partial charge in [0.15, 0.2) is 5.82 Å². The Morgan fingerprint density at radius 2 is 2.18 bits per heavy atom. The molecular weight excluding hydrogens is 357 g/mol. The SMILES string of the molecule is Nc1cnc(Cl)nc1Nc1ccc(F)cc1I. The Morgan fingerprint density at radius 1 is 1.41 bits per heavy atom. The van der Waals surface area contributed by atoms with E-state index in [-0.39, 0.29) is 11.1 Å². The molecule has 0 aliphatic carbocycles. The first-order chi connectivity index (χ1) is 8.06. The Labute approximate surface area is 116 Å². The number of halogens is 3. The van der Waals surface area contributed by atoms with Crippen molar-refractivity contribution >= 4 is 51.4 Å². The van der Waals surface area contributed by atoms with Crippen LogP contribution in [0.15, 0.2) is 24.4 Å². The molecule has 7 heteroatoms. The molecule has 0 radical (unpaired) electrons. The molecule has 0 aliphatic rings. The van der Waals surface area contributed by atoms with Crippen LogP contribution in [0.25, 0.3) is 0 Å². The molecule has 2 aromatic rings. The summed E-state index contributed by atoms with van der Waals surface area (Å²) >= 11 is 7.68. The van der Waals surface area contributed by atoms with Crippen LogP contribution in [0.1, 0.15) is 0 Å². The van der Waals surface area contributed by atoms with E-state index in [2.05, 4.69) is 15.3 Å². The van der Waals surface area contributed by atoms with Gasteiger partial charge in [0.2, 0.25) is 5.28 Å². The number of nitrogens with one attached hydrogen (secondary N) is 1. The third-order valence-corrected chi connectivity index (χ3v) is 3.05. The average Bonchev–Trinajstić information content (AvgIpc) is 2.27. The van der Waals surface area contributed by atoms with Crippen molar-refractivity contribution in [2.24, 2.45) is 0 Å². The molecule has 17 heavy (non-hydrogen) atoms. The zero-order valence-electron chi connectivity index (χ0n) is 8.42. The summed E-state index contributed by atoms with van der Waals surface area (Å²) in [6.45, 7) is 0. The lowest BCUT2D eigenvalue weighted by Gasteiger charge is -2.09. The van der Waals surface area contributed by atoms with Crippen molar-refractivity contribution in [1.29, 1.82) is 0 Å². The average molecular weight is 365 g/mol. The highest BCUT2D eigenvalue weighted by Gasteiger charge is 2.06. The number of benzene rings is 1. The number of hydrogen-bond acceptors (Lipinski definition) is 4. The predicted molar refractivity (Wildman–Crippen MR) is 73.9 cm³/mol. The van der Waals surface area contributed by atoms with Crippen molar-refractivity contribution in [3.63, 3.8) is 0 Å². The van der Waals surface area contributed by atoms with Gasteiger partial charge in [0.1, 0.15) is 5.82 Å². The summed E-state index contributed by atoms with van der Waals surface area (Å²) in [7, 11) is 0. The molecular formula is C10H7ClFIN4. The summed E-state index contributed by atoms with van der Waals surface area (Å²) in [6.07, 6.45) is 1.41. The molecule has 3 N–H and O–H groups in total. The Morgan fingerprint density at radius 3 is 2.88 bits per heavy atom. The van der Waals surface area contributed by atoms with E-state index >= 15 is 0 Å². The predicted octanol–water partition coefficient (Wildman–Crippen LogP) is 3.20. The molecule has 1 aromatic carbocycles.